The van der Waals surface area contributed by atoms with E-state index in [0.29, 0.717) is 25.2 Å². The highest BCUT2D eigenvalue weighted by molar-refractivity contribution is 5.94. The van der Waals surface area contributed by atoms with Gasteiger partial charge in [0.25, 0.3) is 5.91 Å². The summed E-state index contributed by atoms with van der Waals surface area (Å²) in [6, 6.07) is 9.34. The quantitative estimate of drug-likeness (QED) is 0.857. The van der Waals surface area contributed by atoms with Crippen molar-refractivity contribution in [3.8, 4) is 0 Å². The minimum Gasteiger partial charge on any atom is -0.333 e. The number of aromatic nitrogens is 2. The Morgan fingerprint density at radius 1 is 1.24 bits per heavy atom. The van der Waals surface area contributed by atoms with Gasteiger partial charge in [0.05, 0.1) is 12.1 Å². The Kier molecular flexibility index (Phi) is 3.95. The number of pyridine rings is 2. The van der Waals surface area contributed by atoms with Crippen molar-refractivity contribution in [2.24, 2.45) is 0 Å². The fourth-order valence-electron chi connectivity index (χ4n) is 3.88. The lowest BCUT2D eigenvalue weighted by Crippen LogP contribution is -2.40. The normalized spacial score (nSPS) is 22.4. The highest BCUT2D eigenvalue weighted by Gasteiger charge is 2.48. The zero-order chi connectivity index (χ0) is 17.4. The van der Waals surface area contributed by atoms with Crippen molar-refractivity contribution in [3.63, 3.8) is 0 Å². The summed E-state index contributed by atoms with van der Waals surface area (Å²) in [7, 11) is 0. The van der Waals surface area contributed by atoms with Gasteiger partial charge >= 0.3 is 0 Å². The van der Waals surface area contributed by atoms with Crippen LogP contribution in [0.5, 0.6) is 0 Å². The zero-order valence-corrected chi connectivity index (χ0v) is 14.1. The first-order valence-corrected chi connectivity index (χ1v) is 8.56. The minimum absolute atomic E-state index is 0.0565. The van der Waals surface area contributed by atoms with E-state index in [-0.39, 0.29) is 23.9 Å². The van der Waals surface area contributed by atoms with Gasteiger partial charge in [-0.1, -0.05) is 12.1 Å². The number of rotatable bonds is 3. The number of hydrogen-bond donors (Lipinski definition) is 0. The van der Waals surface area contributed by atoms with Gasteiger partial charge in [0.15, 0.2) is 0 Å². The molecule has 4 rings (SSSR count). The molecule has 0 bridgehead atoms. The third kappa shape index (κ3) is 2.88. The fourth-order valence-corrected chi connectivity index (χ4v) is 3.88. The van der Waals surface area contributed by atoms with Crippen molar-refractivity contribution >= 4 is 11.8 Å². The van der Waals surface area contributed by atoms with Gasteiger partial charge in [-0.2, -0.15) is 0 Å². The van der Waals surface area contributed by atoms with Crippen molar-refractivity contribution in [1.82, 2.24) is 19.8 Å². The average molecular weight is 336 g/mol. The zero-order valence-electron chi connectivity index (χ0n) is 14.1. The van der Waals surface area contributed by atoms with E-state index in [1.54, 1.807) is 18.5 Å². The number of nitrogens with zero attached hydrogens (tertiary/aromatic N) is 4. The third-order valence-electron chi connectivity index (χ3n) is 5.06. The summed E-state index contributed by atoms with van der Waals surface area (Å²) in [6.45, 7) is 3.09. The third-order valence-corrected chi connectivity index (χ3v) is 5.06. The van der Waals surface area contributed by atoms with Crippen LogP contribution in [0.3, 0.4) is 0 Å². The number of fused-ring (bicyclic) bond motifs is 1. The van der Waals surface area contributed by atoms with E-state index in [4.69, 9.17) is 0 Å². The topological polar surface area (TPSA) is 66.4 Å². The molecule has 0 aromatic carbocycles. The maximum absolute atomic E-state index is 12.8. The predicted molar refractivity (Wildman–Crippen MR) is 91.6 cm³/mol. The van der Waals surface area contributed by atoms with Crippen LogP contribution in [-0.2, 0) is 11.3 Å². The molecule has 2 fully saturated rings. The fraction of sp³-hybridized carbons (Fsp3) is 0.368. The van der Waals surface area contributed by atoms with Crippen LogP contribution in [0.15, 0.2) is 42.7 Å². The molecule has 0 unspecified atom stereocenters. The van der Waals surface area contributed by atoms with Crippen LogP contribution in [-0.4, -0.2) is 50.2 Å². The number of likely N-dealkylation sites (tertiary alicyclic amines) is 2. The van der Waals surface area contributed by atoms with Crippen LogP contribution >= 0.6 is 0 Å². The van der Waals surface area contributed by atoms with Gasteiger partial charge in [-0.3, -0.25) is 14.6 Å². The van der Waals surface area contributed by atoms with Gasteiger partial charge in [0.1, 0.15) is 5.69 Å². The Hall–Kier alpha value is -2.76. The molecule has 128 valence electrons. The van der Waals surface area contributed by atoms with Gasteiger partial charge in [0, 0.05) is 37.6 Å². The molecule has 0 saturated carbocycles. The second kappa shape index (κ2) is 6.27. The average Bonchev–Trinajstić information content (AvgIpc) is 3.15. The van der Waals surface area contributed by atoms with Crippen LogP contribution in [0.1, 0.15) is 34.6 Å². The molecule has 2 aliphatic rings. The molecule has 0 aliphatic carbocycles. The molecule has 0 spiro atoms. The van der Waals surface area contributed by atoms with Crippen molar-refractivity contribution in [3.05, 3.63) is 59.7 Å². The van der Waals surface area contributed by atoms with Crippen LogP contribution in [0.25, 0.3) is 0 Å². The van der Waals surface area contributed by atoms with E-state index in [9.17, 15) is 9.59 Å². The monoisotopic (exact) mass is 336 g/mol. The second-order valence-electron chi connectivity index (χ2n) is 6.67. The van der Waals surface area contributed by atoms with Crippen LogP contribution in [0.2, 0.25) is 0 Å². The molecule has 0 N–H and O–H groups in total. The first-order valence-electron chi connectivity index (χ1n) is 8.56. The largest absolute Gasteiger partial charge is 0.333 e. The molecule has 2 saturated heterocycles. The maximum Gasteiger partial charge on any atom is 0.272 e. The maximum atomic E-state index is 12.8. The van der Waals surface area contributed by atoms with E-state index in [0.717, 1.165) is 17.7 Å². The van der Waals surface area contributed by atoms with E-state index in [2.05, 4.69) is 9.97 Å². The lowest BCUT2D eigenvalue weighted by atomic mass is 10.1. The first kappa shape index (κ1) is 15.7. The molecule has 2 aromatic heterocycles. The standard InChI is InChI=1S/C19H20N4O2/c1-13-4-2-6-15(21-13)19(25)22-9-7-16-17(22)10-18(24)23(16)12-14-5-3-8-20-11-14/h2-6,8,11,16-17H,7,9-10,12H2,1H3/t16-,17+/m0/s1. The molecule has 6 heteroatoms. The molecule has 25 heavy (non-hydrogen) atoms. The van der Waals surface area contributed by atoms with E-state index in [1.165, 1.54) is 0 Å². The Morgan fingerprint density at radius 3 is 2.88 bits per heavy atom. The van der Waals surface area contributed by atoms with Crippen molar-refractivity contribution in [2.45, 2.75) is 38.4 Å². The number of amides is 2. The first-order chi connectivity index (χ1) is 12.1. The van der Waals surface area contributed by atoms with Crippen molar-refractivity contribution in [2.75, 3.05) is 6.54 Å². The summed E-state index contributed by atoms with van der Waals surface area (Å²) in [6.07, 6.45) is 4.72. The van der Waals surface area contributed by atoms with Gasteiger partial charge in [-0.25, -0.2) is 4.98 Å². The number of aryl methyl sites for hydroxylation is 1. The van der Waals surface area contributed by atoms with Crippen LogP contribution in [0.4, 0.5) is 0 Å². The highest BCUT2D eigenvalue weighted by atomic mass is 16.2. The summed E-state index contributed by atoms with van der Waals surface area (Å²) in [5, 5.41) is 0. The second-order valence-corrected chi connectivity index (χ2v) is 6.67. The predicted octanol–water partition coefficient (Wildman–Crippen LogP) is 1.80. The summed E-state index contributed by atoms with van der Waals surface area (Å²) >= 11 is 0. The lowest BCUT2D eigenvalue weighted by Gasteiger charge is -2.25. The summed E-state index contributed by atoms with van der Waals surface area (Å²) < 4.78 is 0. The number of carbonyl (C=O) groups is 2. The molecular formula is C19H20N4O2. The number of hydrogen-bond acceptors (Lipinski definition) is 4. The Balaban J connectivity index is 1.52. The summed E-state index contributed by atoms with van der Waals surface area (Å²) in [5.74, 6) is 0.0285. The molecule has 2 atom stereocenters. The lowest BCUT2D eigenvalue weighted by molar-refractivity contribution is -0.129. The molecule has 0 radical (unpaired) electrons. The summed E-state index contributed by atoms with van der Waals surface area (Å²) in [5.41, 5.74) is 2.29. The van der Waals surface area contributed by atoms with E-state index >= 15 is 0 Å². The molecule has 2 aliphatic heterocycles. The van der Waals surface area contributed by atoms with Crippen molar-refractivity contribution < 1.29 is 9.59 Å². The summed E-state index contributed by atoms with van der Waals surface area (Å²) in [4.78, 5) is 37.5. The van der Waals surface area contributed by atoms with Gasteiger partial charge in [0.2, 0.25) is 5.91 Å². The van der Waals surface area contributed by atoms with Crippen molar-refractivity contribution in [1.29, 1.82) is 0 Å². The minimum atomic E-state index is -0.0766. The molecule has 2 aromatic rings. The molecule has 2 amide bonds. The van der Waals surface area contributed by atoms with Gasteiger partial charge < -0.3 is 9.80 Å². The number of carbonyl (C=O) groups excluding carboxylic acids is 2. The van der Waals surface area contributed by atoms with E-state index < -0.39 is 0 Å². The smallest absolute Gasteiger partial charge is 0.272 e. The van der Waals surface area contributed by atoms with Crippen LogP contribution in [0, 0.1) is 6.92 Å². The Bertz CT molecular complexity index is 808. The van der Waals surface area contributed by atoms with Gasteiger partial charge in [-0.15, -0.1) is 0 Å². The molecular weight excluding hydrogens is 316 g/mol. The molecule has 6 nitrogen and oxygen atoms in total. The SMILES string of the molecule is Cc1cccc(C(=O)N2CC[C@H]3[C@H]2CC(=O)N3Cc2cccnc2)n1. The Morgan fingerprint density at radius 2 is 2.12 bits per heavy atom. The van der Waals surface area contributed by atoms with E-state index in [1.807, 2.05) is 41.0 Å². The highest BCUT2D eigenvalue weighted by Crippen LogP contribution is 2.34. The molecule has 4 heterocycles. The van der Waals surface area contributed by atoms with Gasteiger partial charge in [-0.05, 0) is 37.1 Å². The Labute approximate surface area is 146 Å². The van der Waals surface area contributed by atoms with Crippen LogP contribution < -0.4 is 0 Å².